The highest BCUT2D eigenvalue weighted by molar-refractivity contribution is 9.10. The second-order valence-corrected chi connectivity index (χ2v) is 5.89. The van der Waals surface area contributed by atoms with Crippen LogP contribution in [0.15, 0.2) is 39.3 Å². The van der Waals surface area contributed by atoms with E-state index in [1.54, 1.807) is 6.07 Å². The highest BCUT2D eigenvalue weighted by Gasteiger charge is 2.23. The van der Waals surface area contributed by atoms with Crippen molar-refractivity contribution in [1.29, 1.82) is 0 Å². The lowest BCUT2D eigenvalue weighted by molar-refractivity contribution is 0.209. The molecule has 1 nitrogen and oxygen atoms in total. The molecular weight excluding hydrogens is 405 g/mol. The Morgan fingerprint density at radius 2 is 1.74 bits per heavy atom. The predicted molar refractivity (Wildman–Crippen MR) is 77.3 cm³/mol. The maximum Gasteiger partial charge on any atom is 0.149 e. The largest absolute Gasteiger partial charge is 0.383 e. The summed E-state index contributed by atoms with van der Waals surface area (Å²) in [5, 5.41) is 10.0. The fourth-order valence-corrected chi connectivity index (χ4v) is 2.72. The number of halogens is 5. The summed E-state index contributed by atoms with van der Waals surface area (Å²) >= 11 is 12.0. The molecule has 0 amide bonds. The van der Waals surface area contributed by atoms with Crippen LogP contribution in [0.1, 0.15) is 17.2 Å². The lowest BCUT2D eigenvalue weighted by Crippen LogP contribution is -2.06. The molecule has 2 aromatic rings. The minimum absolute atomic E-state index is 0.0280. The van der Waals surface area contributed by atoms with Gasteiger partial charge in [-0.2, -0.15) is 0 Å². The van der Waals surface area contributed by atoms with E-state index in [-0.39, 0.29) is 16.1 Å². The van der Waals surface area contributed by atoms with Crippen LogP contribution < -0.4 is 0 Å². The van der Waals surface area contributed by atoms with Gasteiger partial charge in [-0.15, -0.1) is 0 Å². The summed E-state index contributed by atoms with van der Waals surface area (Å²) in [6.45, 7) is 0. The molecule has 0 aliphatic carbocycles. The average Bonchev–Trinajstić information content (AvgIpc) is 2.35. The minimum atomic E-state index is -1.44. The van der Waals surface area contributed by atoms with Crippen LogP contribution in [0.2, 0.25) is 5.02 Å². The highest BCUT2D eigenvalue weighted by atomic mass is 79.9. The summed E-state index contributed by atoms with van der Waals surface area (Å²) in [7, 11) is 0. The van der Waals surface area contributed by atoms with Crippen LogP contribution in [0, 0.1) is 11.6 Å². The van der Waals surface area contributed by atoms with E-state index in [0.717, 1.165) is 0 Å². The topological polar surface area (TPSA) is 20.2 Å². The van der Waals surface area contributed by atoms with Crippen LogP contribution in [0.4, 0.5) is 8.78 Å². The molecule has 6 heteroatoms. The van der Waals surface area contributed by atoms with E-state index in [1.165, 1.54) is 24.3 Å². The molecule has 1 N–H and O–H groups in total. The Labute approximate surface area is 130 Å². The average molecular weight is 412 g/mol. The van der Waals surface area contributed by atoms with Gasteiger partial charge in [-0.05, 0) is 34.1 Å². The monoisotopic (exact) mass is 410 g/mol. The molecule has 0 bridgehead atoms. The fraction of sp³-hybridized carbons (Fsp3) is 0.0769. The predicted octanol–water partition coefficient (Wildman–Crippen LogP) is 5.22. The fourth-order valence-electron chi connectivity index (χ4n) is 1.68. The molecular formula is C13H7Br2ClF2O. The standard InChI is InChI=1S/C13H7Br2ClF2O/c14-7-2-1-3-9(17)10(7)13(19)6-4-5-8(15)11(16)12(6)18/h1-5,13,19H. The molecule has 2 rings (SSSR count). The zero-order valence-corrected chi connectivity index (χ0v) is 13.2. The van der Waals surface area contributed by atoms with Crippen molar-refractivity contribution in [3.05, 3.63) is 67.1 Å². The maximum atomic E-state index is 14.0. The first-order chi connectivity index (χ1) is 8.93. The third-order valence-corrected chi connectivity index (χ3v) is 4.58. The number of hydrogen-bond donors (Lipinski definition) is 1. The summed E-state index contributed by atoms with van der Waals surface area (Å²) in [6, 6.07) is 7.11. The molecule has 0 heterocycles. The van der Waals surface area contributed by atoms with Crippen molar-refractivity contribution < 1.29 is 13.9 Å². The van der Waals surface area contributed by atoms with Crippen molar-refractivity contribution in [3.63, 3.8) is 0 Å². The number of aliphatic hydroxyl groups is 1. The third kappa shape index (κ3) is 2.84. The smallest absolute Gasteiger partial charge is 0.149 e. The zero-order chi connectivity index (χ0) is 14.2. The molecule has 0 aliphatic rings. The molecule has 100 valence electrons. The Morgan fingerprint density at radius 1 is 1.05 bits per heavy atom. The van der Waals surface area contributed by atoms with E-state index in [0.29, 0.717) is 8.95 Å². The first-order valence-corrected chi connectivity index (χ1v) is 7.15. The molecule has 0 saturated heterocycles. The first kappa shape index (κ1) is 14.9. The van der Waals surface area contributed by atoms with Gasteiger partial charge < -0.3 is 5.11 Å². The summed E-state index contributed by atoms with van der Waals surface area (Å²) in [6.07, 6.45) is -1.44. The number of benzene rings is 2. The van der Waals surface area contributed by atoms with Gasteiger partial charge >= 0.3 is 0 Å². The Kier molecular flexibility index (Phi) is 4.61. The quantitative estimate of drug-likeness (QED) is 0.670. The molecule has 2 aromatic carbocycles. The summed E-state index contributed by atoms with van der Waals surface area (Å²) in [5.74, 6) is -1.40. The molecule has 0 saturated carbocycles. The second kappa shape index (κ2) is 5.87. The van der Waals surface area contributed by atoms with Gasteiger partial charge in [0.15, 0.2) is 0 Å². The first-order valence-electron chi connectivity index (χ1n) is 5.19. The van der Waals surface area contributed by atoms with Gasteiger partial charge in [-0.3, -0.25) is 0 Å². The lowest BCUT2D eigenvalue weighted by atomic mass is 10.0. The van der Waals surface area contributed by atoms with Gasteiger partial charge in [0.05, 0.1) is 5.02 Å². The number of hydrogen-bond acceptors (Lipinski definition) is 1. The molecule has 0 fully saturated rings. The number of aliphatic hydroxyl groups excluding tert-OH is 1. The van der Waals surface area contributed by atoms with E-state index >= 15 is 0 Å². The normalized spacial score (nSPS) is 12.5. The maximum absolute atomic E-state index is 14.0. The van der Waals surface area contributed by atoms with Crippen LogP contribution in [0.5, 0.6) is 0 Å². The van der Waals surface area contributed by atoms with Crippen LogP contribution in [0.3, 0.4) is 0 Å². The van der Waals surface area contributed by atoms with E-state index in [2.05, 4.69) is 31.9 Å². The minimum Gasteiger partial charge on any atom is -0.383 e. The van der Waals surface area contributed by atoms with Crippen LogP contribution in [0.25, 0.3) is 0 Å². The summed E-state index contributed by atoms with van der Waals surface area (Å²) in [4.78, 5) is 0. The van der Waals surface area contributed by atoms with Crippen LogP contribution >= 0.6 is 43.5 Å². The van der Waals surface area contributed by atoms with Crippen molar-refractivity contribution in [2.75, 3.05) is 0 Å². The Hall–Kier alpha value is -0.490. The van der Waals surface area contributed by atoms with Crippen molar-refractivity contribution in [1.82, 2.24) is 0 Å². The Bertz CT molecular complexity index is 614. The second-order valence-electron chi connectivity index (χ2n) is 3.80. The van der Waals surface area contributed by atoms with Gasteiger partial charge in [0.2, 0.25) is 0 Å². The van der Waals surface area contributed by atoms with Gasteiger partial charge in [0, 0.05) is 20.1 Å². The van der Waals surface area contributed by atoms with Gasteiger partial charge in [-0.1, -0.05) is 39.7 Å². The number of rotatable bonds is 2. The summed E-state index contributed by atoms with van der Waals surface area (Å²) < 4.78 is 28.5. The zero-order valence-electron chi connectivity index (χ0n) is 9.30. The van der Waals surface area contributed by atoms with Crippen LogP contribution in [-0.4, -0.2) is 5.11 Å². The van der Waals surface area contributed by atoms with Crippen molar-refractivity contribution in [3.8, 4) is 0 Å². The molecule has 1 unspecified atom stereocenters. The van der Waals surface area contributed by atoms with Gasteiger partial charge in [0.1, 0.15) is 17.7 Å². The van der Waals surface area contributed by atoms with Crippen molar-refractivity contribution in [2.45, 2.75) is 6.10 Å². The van der Waals surface area contributed by atoms with Crippen molar-refractivity contribution >= 4 is 43.5 Å². The molecule has 0 radical (unpaired) electrons. The van der Waals surface area contributed by atoms with Crippen molar-refractivity contribution in [2.24, 2.45) is 0 Å². The van der Waals surface area contributed by atoms with E-state index < -0.39 is 17.7 Å². The Morgan fingerprint density at radius 3 is 2.37 bits per heavy atom. The molecule has 0 aliphatic heterocycles. The molecule has 19 heavy (non-hydrogen) atoms. The highest BCUT2D eigenvalue weighted by Crippen LogP contribution is 2.36. The molecule has 0 aromatic heterocycles. The summed E-state index contributed by atoms with van der Waals surface area (Å²) in [5.41, 5.74) is -0.112. The SMILES string of the molecule is OC(c1ccc(Br)c(Cl)c1F)c1c(F)cccc1Br. The van der Waals surface area contributed by atoms with E-state index in [4.69, 9.17) is 11.6 Å². The van der Waals surface area contributed by atoms with Gasteiger partial charge in [-0.25, -0.2) is 8.78 Å². The molecule has 1 atom stereocenters. The Balaban J connectivity index is 2.57. The lowest BCUT2D eigenvalue weighted by Gasteiger charge is -2.16. The van der Waals surface area contributed by atoms with E-state index in [9.17, 15) is 13.9 Å². The molecule has 0 spiro atoms. The van der Waals surface area contributed by atoms with E-state index in [1.807, 2.05) is 0 Å². The van der Waals surface area contributed by atoms with Gasteiger partial charge in [0.25, 0.3) is 0 Å². The third-order valence-electron chi connectivity index (χ3n) is 2.63. The van der Waals surface area contributed by atoms with Crippen LogP contribution in [-0.2, 0) is 0 Å².